The van der Waals surface area contributed by atoms with Gasteiger partial charge in [-0.2, -0.15) is 20.5 Å². The van der Waals surface area contributed by atoms with Crippen molar-refractivity contribution in [2.24, 2.45) is 20.5 Å². The minimum absolute atomic E-state index is 0.405. The van der Waals surface area contributed by atoms with E-state index in [0.717, 1.165) is 55.7 Å². The zero-order chi connectivity index (χ0) is 28.6. The number of benzene rings is 4. The molecule has 7 heteroatoms. The Morgan fingerprint density at radius 1 is 0.805 bits per heavy atom. The average molecular weight is 546 g/mol. The second kappa shape index (κ2) is 13.1. The lowest BCUT2D eigenvalue weighted by molar-refractivity contribution is 0.0734. The van der Waals surface area contributed by atoms with Crippen LogP contribution in [0.3, 0.4) is 0 Å². The summed E-state index contributed by atoms with van der Waals surface area (Å²) in [5, 5.41) is 17.6. The van der Waals surface area contributed by atoms with Gasteiger partial charge in [0.25, 0.3) is 0 Å². The van der Waals surface area contributed by atoms with E-state index in [0.29, 0.717) is 22.7 Å². The van der Waals surface area contributed by atoms with Gasteiger partial charge in [-0.05, 0) is 123 Å². The van der Waals surface area contributed by atoms with E-state index in [1.54, 1.807) is 24.3 Å². The Labute approximate surface area is 241 Å². The first kappa shape index (κ1) is 27.9. The Balaban J connectivity index is 1.17. The highest BCUT2D eigenvalue weighted by atomic mass is 16.5. The number of hydrogen-bond acceptors (Lipinski definition) is 7. The summed E-state index contributed by atoms with van der Waals surface area (Å²) in [6.45, 7) is 8.41. The normalized spacial score (nSPS) is 12.8. The molecule has 0 spiro atoms. The first-order chi connectivity index (χ1) is 20.0. The molecule has 1 aliphatic rings. The van der Waals surface area contributed by atoms with Crippen LogP contribution < -0.4 is 9.64 Å². The van der Waals surface area contributed by atoms with Gasteiger partial charge in [0.15, 0.2) is 0 Å². The van der Waals surface area contributed by atoms with Crippen molar-refractivity contribution < 1.29 is 9.53 Å². The number of aryl methyl sites for hydroxylation is 2. The molecule has 0 fully saturated rings. The Morgan fingerprint density at radius 3 is 2.22 bits per heavy atom. The predicted octanol–water partition coefficient (Wildman–Crippen LogP) is 9.77. The molecule has 41 heavy (non-hydrogen) atoms. The van der Waals surface area contributed by atoms with Crippen LogP contribution in [0.1, 0.15) is 53.7 Å². The summed E-state index contributed by atoms with van der Waals surface area (Å²) in [6, 6.07) is 26.6. The van der Waals surface area contributed by atoms with Crippen LogP contribution in [0.5, 0.6) is 5.75 Å². The molecule has 5 rings (SSSR count). The SMILES string of the molecule is CCCCc1ccc(OC(=O)c2ccc(N=Nc3ccc(N=Nc4ccc5c(c4)CCN5CC)c(C)c3)cc2)cc1. The monoisotopic (exact) mass is 545 g/mol. The number of nitrogens with zero attached hydrogens (tertiary/aromatic N) is 5. The fraction of sp³-hybridized carbons (Fsp3) is 0.265. The molecule has 0 unspecified atom stereocenters. The van der Waals surface area contributed by atoms with Gasteiger partial charge in [-0.1, -0.05) is 25.5 Å². The number of carbonyl (C=O) groups is 1. The van der Waals surface area contributed by atoms with Gasteiger partial charge in [0.2, 0.25) is 0 Å². The van der Waals surface area contributed by atoms with Crippen LogP contribution in [0.25, 0.3) is 0 Å². The lowest BCUT2D eigenvalue weighted by atomic mass is 10.1. The van der Waals surface area contributed by atoms with Gasteiger partial charge in [0.1, 0.15) is 5.75 Å². The smallest absolute Gasteiger partial charge is 0.343 e. The number of rotatable bonds is 10. The van der Waals surface area contributed by atoms with E-state index in [9.17, 15) is 4.79 Å². The number of esters is 1. The maximum Gasteiger partial charge on any atom is 0.343 e. The number of likely N-dealkylation sites (N-methyl/N-ethyl adjacent to an activating group) is 1. The van der Waals surface area contributed by atoms with Gasteiger partial charge in [-0.15, -0.1) is 0 Å². The Hall–Kier alpha value is -4.65. The Morgan fingerprint density at radius 2 is 1.49 bits per heavy atom. The summed E-state index contributed by atoms with van der Waals surface area (Å²) >= 11 is 0. The molecular weight excluding hydrogens is 510 g/mol. The molecule has 0 aliphatic carbocycles. The number of ether oxygens (including phenoxy) is 1. The van der Waals surface area contributed by atoms with Crippen molar-refractivity contribution in [1.82, 2.24) is 0 Å². The standard InChI is InChI=1S/C34H35N5O2/c1-4-6-7-25-8-16-31(17-9-25)41-34(40)26-10-12-28(13-11-26)35-36-29-14-18-32(24(3)22-29)38-37-30-15-19-33-27(23-30)20-21-39(33)5-2/h8-19,22-23H,4-7,20-21H2,1-3H3. The van der Waals surface area contributed by atoms with Crippen LogP contribution in [0.4, 0.5) is 28.4 Å². The molecule has 0 aromatic heterocycles. The van der Waals surface area contributed by atoms with Gasteiger partial charge in [-0.3, -0.25) is 0 Å². The summed E-state index contributed by atoms with van der Waals surface area (Å²) in [6.07, 6.45) is 4.38. The lowest BCUT2D eigenvalue weighted by Gasteiger charge is -2.16. The molecule has 7 nitrogen and oxygen atoms in total. The third kappa shape index (κ3) is 7.11. The lowest BCUT2D eigenvalue weighted by Crippen LogP contribution is -2.18. The Bertz CT molecular complexity index is 1560. The van der Waals surface area contributed by atoms with E-state index in [-0.39, 0.29) is 0 Å². The molecule has 0 atom stereocenters. The van der Waals surface area contributed by atoms with Crippen molar-refractivity contribution in [2.75, 3.05) is 18.0 Å². The van der Waals surface area contributed by atoms with E-state index < -0.39 is 5.97 Å². The summed E-state index contributed by atoms with van der Waals surface area (Å²) in [5.41, 5.74) is 8.29. The minimum atomic E-state index is -0.405. The largest absolute Gasteiger partial charge is 0.423 e. The first-order valence-electron chi connectivity index (χ1n) is 14.3. The van der Waals surface area contributed by atoms with Crippen molar-refractivity contribution >= 4 is 34.4 Å². The quantitative estimate of drug-likeness (QED) is 0.113. The highest BCUT2D eigenvalue weighted by Crippen LogP contribution is 2.33. The third-order valence-corrected chi connectivity index (χ3v) is 7.23. The third-order valence-electron chi connectivity index (χ3n) is 7.23. The number of unbranched alkanes of at least 4 members (excludes halogenated alkanes) is 1. The molecule has 4 aromatic carbocycles. The summed E-state index contributed by atoms with van der Waals surface area (Å²) in [7, 11) is 0. The van der Waals surface area contributed by atoms with Gasteiger partial charge < -0.3 is 9.64 Å². The molecule has 0 bridgehead atoms. The second-order valence-electron chi connectivity index (χ2n) is 10.2. The van der Waals surface area contributed by atoms with Crippen molar-refractivity contribution in [2.45, 2.75) is 46.5 Å². The molecule has 1 aliphatic heterocycles. The van der Waals surface area contributed by atoms with Crippen molar-refractivity contribution in [3.8, 4) is 5.75 Å². The van der Waals surface area contributed by atoms with Crippen LogP contribution >= 0.6 is 0 Å². The zero-order valence-electron chi connectivity index (χ0n) is 23.9. The fourth-order valence-electron chi connectivity index (χ4n) is 4.82. The maximum atomic E-state index is 12.6. The predicted molar refractivity (Wildman–Crippen MR) is 164 cm³/mol. The molecule has 0 radical (unpaired) electrons. The Kier molecular flexibility index (Phi) is 8.94. The average Bonchev–Trinajstić information content (AvgIpc) is 3.42. The summed E-state index contributed by atoms with van der Waals surface area (Å²) < 4.78 is 5.52. The minimum Gasteiger partial charge on any atom is -0.423 e. The van der Waals surface area contributed by atoms with Gasteiger partial charge >= 0.3 is 5.97 Å². The second-order valence-corrected chi connectivity index (χ2v) is 10.2. The van der Waals surface area contributed by atoms with Crippen molar-refractivity contribution in [3.63, 3.8) is 0 Å². The van der Waals surface area contributed by atoms with Crippen LogP contribution in [0.15, 0.2) is 105 Å². The molecule has 208 valence electrons. The molecular formula is C34H35N5O2. The molecule has 0 saturated carbocycles. The molecule has 1 heterocycles. The van der Waals surface area contributed by atoms with E-state index in [2.05, 4.69) is 51.3 Å². The number of azo groups is 2. The van der Waals surface area contributed by atoms with Crippen molar-refractivity contribution in [1.29, 1.82) is 0 Å². The van der Waals surface area contributed by atoms with Gasteiger partial charge in [-0.25, -0.2) is 4.79 Å². The van der Waals surface area contributed by atoms with E-state index in [4.69, 9.17) is 4.74 Å². The molecule has 0 saturated heterocycles. The summed E-state index contributed by atoms with van der Waals surface area (Å²) in [4.78, 5) is 14.9. The van der Waals surface area contributed by atoms with Crippen LogP contribution in [0, 0.1) is 6.92 Å². The molecule has 4 aromatic rings. The highest BCUT2D eigenvalue weighted by Gasteiger charge is 2.17. The number of hydrogen-bond donors (Lipinski definition) is 0. The zero-order valence-corrected chi connectivity index (χ0v) is 23.9. The van der Waals surface area contributed by atoms with E-state index in [1.165, 1.54) is 16.8 Å². The molecule has 0 amide bonds. The van der Waals surface area contributed by atoms with E-state index in [1.807, 2.05) is 55.5 Å². The highest BCUT2D eigenvalue weighted by molar-refractivity contribution is 5.91. The van der Waals surface area contributed by atoms with Crippen LogP contribution in [-0.4, -0.2) is 19.1 Å². The topological polar surface area (TPSA) is 79.0 Å². The van der Waals surface area contributed by atoms with Crippen LogP contribution in [-0.2, 0) is 12.8 Å². The number of anilines is 1. The fourth-order valence-corrected chi connectivity index (χ4v) is 4.82. The number of fused-ring (bicyclic) bond motifs is 1. The van der Waals surface area contributed by atoms with Gasteiger partial charge in [0, 0.05) is 18.8 Å². The maximum absolute atomic E-state index is 12.6. The van der Waals surface area contributed by atoms with Crippen LogP contribution in [0.2, 0.25) is 0 Å². The summed E-state index contributed by atoms with van der Waals surface area (Å²) in [5.74, 6) is 0.131. The number of carbonyl (C=O) groups excluding carboxylic acids is 1. The van der Waals surface area contributed by atoms with Crippen molar-refractivity contribution in [3.05, 3.63) is 107 Å². The van der Waals surface area contributed by atoms with Gasteiger partial charge in [0.05, 0.1) is 28.3 Å². The van der Waals surface area contributed by atoms with E-state index >= 15 is 0 Å². The molecule has 0 N–H and O–H groups in total. The first-order valence-corrected chi connectivity index (χ1v) is 14.3.